The van der Waals surface area contributed by atoms with Gasteiger partial charge in [0.2, 0.25) is 0 Å². The van der Waals surface area contributed by atoms with Gasteiger partial charge in [-0.25, -0.2) is 4.98 Å². The SMILES string of the molecule is CCNCc1nc2cccc(Cl)c2n1C1CC1. The Morgan fingerprint density at radius 3 is 3.00 bits per heavy atom. The van der Waals surface area contributed by atoms with Gasteiger partial charge in [0.15, 0.2) is 0 Å². The summed E-state index contributed by atoms with van der Waals surface area (Å²) in [5, 5.41) is 4.15. The van der Waals surface area contributed by atoms with Crippen LogP contribution in [0.5, 0.6) is 0 Å². The third-order valence-electron chi connectivity index (χ3n) is 3.18. The molecule has 0 saturated heterocycles. The minimum Gasteiger partial charge on any atom is -0.323 e. The molecule has 0 unspecified atom stereocenters. The number of benzene rings is 1. The van der Waals surface area contributed by atoms with E-state index in [1.807, 2.05) is 18.2 Å². The second-order valence-corrected chi connectivity index (χ2v) is 4.92. The Morgan fingerprint density at radius 2 is 2.29 bits per heavy atom. The third kappa shape index (κ3) is 1.94. The highest BCUT2D eigenvalue weighted by molar-refractivity contribution is 6.35. The molecular weight excluding hydrogens is 234 g/mol. The molecule has 1 saturated carbocycles. The molecule has 0 atom stereocenters. The highest BCUT2D eigenvalue weighted by atomic mass is 35.5. The first kappa shape index (κ1) is 11.1. The van der Waals surface area contributed by atoms with Crippen molar-refractivity contribution in [3.63, 3.8) is 0 Å². The predicted molar refractivity (Wildman–Crippen MR) is 70.4 cm³/mol. The molecule has 2 aromatic rings. The summed E-state index contributed by atoms with van der Waals surface area (Å²) in [6.07, 6.45) is 2.49. The average molecular weight is 250 g/mol. The van der Waals surface area contributed by atoms with Gasteiger partial charge >= 0.3 is 0 Å². The van der Waals surface area contributed by atoms with Crippen LogP contribution in [0.1, 0.15) is 31.6 Å². The number of para-hydroxylation sites is 1. The van der Waals surface area contributed by atoms with E-state index >= 15 is 0 Å². The quantitative estimate of drug-likeness (QED) is 0.902. The number of fused-ring (bicyclic) bond motifs is 1. The molecule has 0 spiro atoms. The molecule has 1 fully saturated rings. The topological polar surface area (TPSA) is 29.9 Å². The number of rotatable bonds is 4. The Kier molecular flexibility index (Phi) is 2.81. The maximum atomic E-state index is 6.30. The molecule has 90 valence electrons. The highest BCUT2D eigenvalue weighted by Crippen LogP contribution is 2.40. The summed E-state index contributed by atoms with van der Waals surface area (Å²) < 4.78 is 2.32. The number of halogens is 1. The molecule has 1 heterocycles. The monoisotopic (exact) mass is 249 g/mol. The van der Waals surface area contributed by atoms with Gasteiger partial charge in [0.25, 0.3) is 0 Å². The van der Waals surface area contributed by atoms with Crippen molar-refractivity contribution in [2.45, 2.75) is 32.4 Å². The Morgan fingerprint density at radius 1 is 1.47 bits per heavy atom. The van der Waals surface area contributed by atoms with Crippen LogP contribution in [-0.4, -0.2) is 16.1 Å². The molecule has 0 amide bonds. The number of nitrogens with one attached hydrogen (secondary N) is 1. The molecule has 3 rings (SSSR count). The van der Waals surface area contributed by atoms with Gasteiger partial charge in [-0.1, -0.05) is 24.6 Å². The third-order valence-corrected chi connectivity index (χ3v) is 3.48. The molecule has 4 heteroatoms. The fraction of sp³-hybridized carbons (Fsp3) is 0.462. The second-order valence-electron chi connectivity index (χ2n) is 4.52. The number of hydrogen-bond donors (Lipinski definition) is 1. The van der Waals surface area contributed by atoms with Gasteiger partial charge < -0.3 is 9.88 Å². The van der Waals surface area contributed by atoms with Crippen molar-refractivity contribution < 1.29 is 0 Å². The van der Waals surface area contributed by atoms with Crippen molar-refractivity contribution in [3.05, 3.63) is 29.0 Å². The highest BCUT2D eigenvalue weighted by Gasteiger charge is 2.28. The maximum absolute atomic E-state index is 6.30. The van der Waals surface area contributed by atoms with Gasteiger partial charge in [-0.3, -0.25) is 0 Å². The smallest absolute Gasteiger partial charge is 0.124 e. The van der Waals surface area contributed by atoms with Gasteiger partial charge in [0.05, 0.1) is 22.6 Å². The average Bonchev–Trinajstić information content (AvgIpc) is 3.08. The van der Waals surface area contributed by atoms with Crippen molar-refractivity contribution in [2.75, 3.05) is 6.54 Å². The van der Waals surface area contributed by atoms with Crippen molar-refractivity contribution in [1.82, 2.24) is 14.9 Å². The summed E-state index contributed by atoms with van der Waals surface area (Å²) in [5.74, 6) is 1.11. The lowest BCUT2D eigenvalue weighted by Gasteiger charge is -2.08. The van der Waals surface area contributed by atoms with Gasteiger partial charge in [-0.05, 0) is 31.5 Å². The van der Waals surface area contributed by atoms with Crippen molar-refractivity contribution in [3.8, 4) is 0 Å². The van der Waals surface area contributed by atoms with E-state index in [1.54, 1.807) is 0 Å². The Hall–Kier alpha value is -1.06. The molecule has 1 aromatic heterocycles. The molecule has 1 aromatic carbocycles. The van der Waals surface area contributed by atoms with Crippen LogP contribution < -0.4 is 5.32 Å². The van der Waals surface area contributed by atoms with Crippen molar-refractivity contribution >= 4 is 22.6 Å². The fourth-order valence-corrected chi connectivity index (χ4v) is 2.50. The summed E-state index contributed by atoms with van der Waals surface area (Å²) in [6.45, 7) is 3.89. The number of imidazole rings is 1. The lowest BCUT2D eigenvalue weighted by Crippen LogP contribution is -2.16. The Balaban J connectivity index is 2.14. The Labute approximate surface area is 106 Å². The largest absolute Gasteiger partial charge is 0.323 e. The van der Waals surface area contributed by atoms with Gasteiger partial charge in [-0.2, -0.15) is 0 Å². The maximum Gasteiger partial charge on any atom is 0.124 e. The zero-order valence-corrected chi connectivity index (χ0v) is 10.7. The van der Waals surface area contributed by atoms with Crippen LogP contribution in [0.2, 0.25) is 5.02 Å². The van der Waals surface area contributed by atoms with E-state index in [9.17, 15) is 0 Å². The van der Waals surface area contributed by atoms with E-state index in [-0.39, 0.29) is 0 Å². The van der Waals surface area contributed by atoms with Gasteiger partial charge in [0.1, 0.15) is 5.82 Å². The van der Waals surface area contributed by atoms with E-state index in [4.69, 9.17) is 11.6 Å². The summed E-state index contributed by atoms with van der Waals surface area (Å²) in [7, 11) is 0. The van der Waals surface area contributed by atoms with Gasteiger partial charge in [0, 0.05) is 6.04 Å². The zero-order valence-electron chi connectivity index (χ0n) is 9.91. The molecule has 0 aliphatic heterocycles. The summed E-state index contributed by atoms with van der Waals surface area (Å²) in [6, 6.07) is 6.55. The molecule has 0 radical (unpaired) electrons. The van der Waals surface area contributed by atoms with Crippen molar-refractivity contribution in [2.24, 2.45) is 0 Å². The molecule has 1 aliphatic rings. The molecule has 1 N–H and O–H groups in total. The first-order chi connectivity index (χ1) is 8.31. The van der Waals surface area contributed by atoms with E-state index in [0.29, 0.717) is 6.04 Å². The van der Waals surface area contributed by atoms with E-state index in [1.165, 1.54) is 12.8 Å². The zero-order chi connectivity index (χ0) is 11.8. The molecule has 3 nitrogen and oxygen atoms in total. The van der Waals surface area contributed by atoms with Crippen LogP contribution in [0.3, 0.4) is 0 Å². The minimum atomic E-state index is 0.605. The molecule has 1 aliphatic carbocycles. The number of nitrogens with zero attached hydrogens (tertiary/aromatic N) is 2. The van der Waals surface area contributed by atoms with Crippen LogP contribution in [0.25, 0.3) is 11.0 Å². The lowest BCUT2D eigenvalue weighted by molar-refractivity contribution is 0.630. The second kappa shape index (κ2) is 4.31. The summed E-state index contributed by atoms with van der Waals surface area (Å²) in [5.41, 5.74) is 2.11. The number of hydrogen-bond acceptors (Lipinski definition) is 2. The van der Waals surface area contributed by atoms with Crippen LogP contribution >= 0.6 is 11.6 Å². The standard InChI is InChI=1S/C13H16ClN3/c1-2-15-8-12-16-11-5-3-4-10(14)13(11)17(12)9-6-7-9/h3-5,9,15H,2,6-8H2,1H3. The van der Waals surface area contributed by atoms with Crippen LogP contribution in [0.4, 0.5) is 0 Å². The van der Waals surface area contributed by atoms with E-state index in [0.717, 1.165) is 35.0 Å². The number of aromatic nitrogens is 2. The van der Waals surface area contributed by atoms with E-state index in [2.05, 4.69) is 21.8 Å². The molecule has 0 bridgehead atoms. The lowest BCUT2D eigenvalue weighted by atomic mass is 10.3. The molecule has 17 heavy (non-hydrogen) atoms. The first-order valence-corrected chi connectivity index (χ1v) is 6.55. The minimum absolute atomic E-state index is 0.605. The van der Waals surface area contributed by atoms with E-state index < -0.39 is 0 Å². The first-order valence-electron chi connectivity index (χ1n) is 6.17. The summed E-state index contributed by atoms with van der Waals surface area (Å²) >= 11 is 6.30. The van der Waals surface area contributed by atoms with Crippen molar-refractivity contribution in [1.29, 1.82) is 0 Å². The predicted octanol–water partition coefficient (Wildman–Crippen LogP) is 3.13. The Bertz CT molecular complexity index is 543. The summed E-state index contributed by atoms with van der Waals surface area (Å²) in [4.78, 5) is 4.69. The fourth-order valence-electron chi connectivity index (χ4n) is 2.24. The van der Waals surface area contributed by atoms with Crippen LogP contribution in [0.15, 0.2) is 18.2 Å². The molecular formula is C13H16ClN3. The van der Waals surface area contributed by atoms with Crippen LogP contribution in [-0.2, 0) is 6.54 Å². The van der Waals surface area contributed by atoms with Crippen LogP contribution in [0, 0.1) is 0 Å². The van der Waals surface area contributed by atoms with Gasteiger partial charge in [-0.15, -0.1) is 0 Å². The normalized spacial score (nSPS) is 15.6.